The van der Waals surface area contributed by atoms with E-state index in [9.17, 15) is 0 Å². The molecule has 116 valence electrons. The molecule has 21 heavy (non-hydrogen) atoms. The molecule has 0 amide bonds. The van der Waals surface area contributed by atoms with Gasteiger partial charge in [-0.1, -0.05) is 24.3 Å². The lowest BCUT2D eigenvalue weighted by Gasteiger charge is -2.32. The lowest BCUT2D eigenvalue weighted by molar-refractivity contribution is 0.152. The average molecular weight is 287 g/mol. The molecule has 1 aliphatic carbocycles. The van der Waals surface area contributed by atoms with Crippen molar-refractivity contribution in [2.45, 2.75) is 31.7 Å². The molecule has 1 N–H and O–H groups in total. The highest BCUT2D eigenvalue weighted by atomic mass is 15.2. The second kappa shape index (κ2) is 7.39. The van der Waals surface area contributed by atoms with Gasteiger partial charge in [-0.2, -0.15) is 0 Å². The smallest absolute Gasteiger partial charge is 0.0323 e. The molecule has 3 rings (SSSR count). The summed E-state index contributed by atoms with van der Waals surface area (Å²) >= 11 is 0. The van der Waals surface area contributed by atoms with Gasteiger partial charge in [0, 0.05) is 32.2 Å². The van der Waals surface area contributed by atoms with Gasteiger partial charge in [0.05, 0.1) is 0 Å². The molecule has 0 bridgehead atoms. The summed E-state index contributed by atoms with van der Waals surface area (Å²) in [5.41, 5.74) is 3.10. The summed E-state index contributed by atoms with van der Waals surface area (Å²) < 4.78 is 0. The van der Waals surface area contributed by atoms with Crippen LogP contribution in [0.5, 0.6) is 0 Å². The molecule has 1 saturated heterocycles. The predicted molar refractivity (Wildman–Crippen MR) is 88.7 cm³/mol. The zero-order valence-electron chi connectivity index (χ0n) is 13.4. The SMILES string of the molecule is CN1CCN(CCCNC2CCCc3ccccc32)CC1. The number of aryl methyl sites for hydroxylation is 1. The molecular formula is C18H29N3. The van der Waals surface area contributed by atoms with Crippen LogP contribution >= 0.6 is 0 Å². The first kappa shape index (κ1) is 15.0. The standard InChI is InChI=1S/C18H29N3/c1-20-12-14-21(15-13-20)11-5-10-19-18-9-4-7-16-6-2-3-8-17(16)18/h2-3,6,8,18-19H,4-5,7,9-15H2,1H3. The van der Waals surface area contributed by atoms with Gasteiger partial charge < -0.3 is 15.1 Å². The molecule has 1 fully saturated rings. The molecule has 0 saturated carbocycles. The summed E-state index contributed by atoms with van der Waals surface area (Å²) in [7, 11) is 2.22. The maximum absolute atomic E-state index is 3.79. The van der Waals surface area contributed by atoms with Gasteiger partial charge in [0.2, 0.25) is 0 Å². The minimum Gasteiger partial charge on any atom is -0.310 e. The quantitative estimate of drug-likeness (QED) is 0.838. The first-order valence-corrected chi connectivity index (χ1v) is 8.55. The number of hydrogen-bond donors (Lipinski definition) is 1. The van der Waals surface area contributed by atoms with E-state index in [1.165, 1.54) is 58.4 Å². The minimum absolute atomic E-state index is 0.586. The Balaban J connectivity index is 1.40. The van der Waals surface area contributed by atoms with Crippen molar-refractivity contribution in [3.8, 4) is 0 Å². The van der Waals surface area contributed by atoms with E-state index in [4.69, 9.17) is 0 Å². The normalized spacial score (nSPS) is 24.0. The Bertz CT molecular complexity index is 438. The third kappa shape index (κ3) is 4.06. The van der Waals surface area contributed by atoms with E-state index >= 15 is 0 Å². The first-order valence-electron chi connectivity index (χ1n) is 8.55. The van der Waals surface area contributed by atoms with Gasteiger partial charge in [-0.15, -0.1) is 0 Å². The third-order valence-electron chi connectivity index (χ3n) is 5.01. The minimum atomic E-state index is 0.586. The van der Waals surface area contributed by atoms with E-state index in [1.807, 2.05) is 0 Å². The zero-order chi connectivity index (χ0) is 14.5. The molecule has 3 nitrogen and oxygen atoms in total. The Kier molecular flexibility index (Phi) is 5.28. The highest BCUT2D eigenvalue weighted by molar-refractivity contribution is 5.32. The van der Waals surface area contributed by atoms with Crippen molar-refractivity contribution in [1.29, 1.82) is 0 Å². The highest BCUT2D eigenvalue weighted by Gasteiger charge is 2.19. The van der Waals surface area contributed by atoms with Gasteiger partial charge >= 0.3 is 0 Å². The molecule has 2 aliphatic rings. The van der Waals surface area contributed by atoms with Crippen LogP contribution in [-0.4, -0.2) is 56.1 Å². The van der Waals surface area contributed by atoms with E-state index in [2.05, 4.69) is 46.4 Å². The van der Waals surface area contributed by atoms with Gasteiger partial charge in [-0.3, -0.25) is 0 Å². The lowest BCUT2D eigenvalue weighted by Crippen LogP contribution is -2.45. The summed E-state index contributed by atoms with van der Waals surface area (Å²) in [5, 5.41) is 3.79. The fourth-order valence-corrected chi connectivity index (χ4v) is 3.62. The molecule has 1 aromatic rings. The first-order chi connectivity index (χ1) is 10.3. The van der Waals surface area contributed by atoms with E-state index in [0.29, 0.717) is 6.04 Å². The lowest BCUT2D eigenvalue weighted by atomic mass is 9.88. The Morgan fingerprint density at radius 3 is 2.81 bits per heavy atom. The Morgan fingerprint density at radius 2 is 1.95 bits per heavy atom. The molecule has 1 atom stereocenters. The fraction of sp³-hybridized carbons (Fsp3) is 0.667. The molecule has 0 aromatic heterocycles. The van der Waals surface area contributed by atoms with Crippen LogP contribution < -0.4 is 5.32 Å². The van der Waals surface area contributed by atoms with Crippen LogP contribution in [0.3, 0.4) is 0 Å². The monoisotopic (exact) mass is 287 g/mol. The number of piperazine rings is 1. The van der Waals surface area contributed by atoms with Crippen LogP contribution in [0.15, 0.2) is 24.3 Å². The summed E-state index contributed by atoms with van der Waals surface area (Å²) in [6, 6.07) is 9.56. The second-order valence-corrected chi connectivity index (χ2v) is 6.60. The van der Waals surface area contributed by atoms with E-state index in [1.54, 1.807) is 11.1 Å². The van der Waals surface area contributed by atoms with Crippen molar-refractivity contribution in [3.63, 3.8) is 0 Å². The number of benzene rings is 1. The highest BCUT2D eigenvalue weighted by Crippen LogP contribution is 2.29. The topological polar surface area (TPSA) is 18.5 Å². The maximum Gasteiger partial charge on any atom is 0.0323 e. The van der Waals surface area contributed by atoms with Crippen molar-refractivity contribution in [2.24, 2.45) is 0 Å². The molecule has 1 aromatic carbocycles. The number of nitrogens with zero attached hydrogens (tertiary/aromatic N) is 2. The van der Waals surface area contributed by atoms with Gasteiger partial charge in [0.25, 0.3) is 0 Å². The number of rotatable bonds is 5. The molecule has 0 radical (unpaired) electrons. The number of fused-ring (bicyclic) bond motifs is 1. The molecule has 1 heterocycles. The molecule has 0 spiro atoms. The molecule has 1 unspecified atom stereocenters. The summed E-state index contributed by atoms with van der Waals surface area (Å²) in [4.78, 5) is 5.03. The number of likely N-dealkylation sites (N-methyl/N-ethyl adjacent to an activating group) is 1. The number of hydrogen-bond acceptors (Lipinski definition) is 3. The Labute approximate surface area is 129 Å². The largest absolute Gasteiger partial charge is 0.310 e. The fourth-order valence-electron chi connectivity index (χ4n) is 3.62. The van der Waals surface area contributed by atoms with Crippen molar-refractivity contribution >= 4 is 0 Å². The van der Waals surface area contributed by atoms with Crippen molar-refractivity contribution < 1.29 is 0 Å². The third-order valence-corrected chi connectivity index (χ3v) is 5.01. The number of nitrogens with one attached hydrogen (secondary N) is 1. The van der Waals surface area contributed by atoms with Crippen molar-refractivity contribution in [1.82, 2.24) is 15.1 Å². The predicted octanol–water partition coefficient (Wildman–Crippen LogP) is 2.29. The molecule has 3 heteroatoms. The Hall–Kier alpha value is -0.900. The average Bonchev–Trinajstić information content (AvgIpc) is 2.53. The van der Waals surface area contributed by atoms with Crippen LogP contribution in [0, 0.1) is 0 Å². The molecule has 1 aliphatic heterocycles. The summed E-state index contributed by atoms with van der Waals surface area (Å²) in [6.45, 7) is 7.32. The molecular weight excluding hydrogens is 258 g/mol. The van der Waals surface area contributed by atoms with Crippen LogP contribution in [-0.2, 0) is 6.42 Å². The van der Waals surface area contributed by atoms with Crippen LogP contribution in [0.25, 0.3) is 0 Å². The van der Waals surface area contributed by atoms with Crippen molar-refractivity contribution in [3.05, 3.63) is 35.4 Å². The Morgan fingerprint density at radius 1 is 1.14 bits per heavy atom. The maximum atomic E-state index is 3.79. The zero-order valence-corrected chi connectivity index (χ0v) is 13.4. The summed E-state index contributed by atoms with van der Waals surface area (Å²) in [5.74, 6) is 0. The van der Waals surface area contributed by atoms with Crippen LogP contribution in [0.1, 0.15) is 36.4 Å². The van der Waals surface area contributed by atoms with E-state index in [0.717, 1.165) is 6.54 Å². The van der Waals surface area contributed by atoms with Crippen LogP contribution in [0.2, 0.25) is 0 Å². The van der Waals surface area contributed by atoms with Crippen molar-refractivity contribution in [2.75, 3.05) is 46.3 Å². The van der Waals surface area contributed by atoms with E-state index < -0.39 is 0 Å². The van der Waals surface area contributed by atoms with Gasteiger partial charge in [0.1, 0.15) is 0 Å². The summed E-state index contributed by atoms with van der Waals surface area (Å²) in [6.07, 6.45) is 5.15. The van der Waals surface area contributed by atoms with Gasteiger partial charge in [-0.05, 0) is 56.9 Å². The van der Waals surface area contributed by atoms with Gasteiger partial charge in [-0.25, -0.2) is 0 Å². The van der Waals surface area contributed by atoms with Gasteiger partial charge in [0.15, 0.2) is 0 Å². The van der Waals surface area contributed by atoms with Crippen LogP contribution in [0.4, 0.5) is 0 Å². The van der Waals surface area contributed by atoms with E-state index in [-0.39, 0.29) is 0 Å². The second-order valence-electron chi connectivity index (χ2n) is 6.60.